The zero-order chi connectivity index (χ0) is 20.0. The minimum atomic E-state index is -0.402. The predicted octanol–water partition coefficient (Wildman–Crippen LogP) is 4.84. The van der Waals surface area contributed by atoms with Crippen LogP contribution in [0, 0.1) is 5.92 Å². The van der Waals surface area contributed by atoms with Gasteiger partial charge in [-0.25, -0.2) is 0 Å². The van der Waals surface area contributed by atoms with E-state index in [9.17, 15) is 9.59 Å². The van der Waals surface area contributed by atoms with Crippen LogP contribution in [-0.2, 0) is 9.59 Å². The Bertz CT molecular complexity index is 782. The van der Waals surface area contributed by atoms with Crippen molar-refractivity contribution in [3.8, 4) is 0 Å². The molecule has 3 N–H and O–H groups in total. The zero-order valence-electron chi connectivity index (χ0n) is 16.7. The summed E-state index contributed by atoms with van der Waals surface area (Å²) in [7, 11) is 0. The molecule has 2 aromatic rings. The maximum atomic E-state index is 12.5. The molecule has 0 radical (unpaired) electrons. The lowest BCUT2D eigenvalue weighted by Crippen LogP contribution is -2.32. The summed E-state index contributed by atoms with van der Waals surface area (Å²) >= 11 is 0. The van der Waals surface area contributed by atoms with Gasteiger partial charge in [0.25, 0.3) is 0 Å². The average molecular weight is 367 g/mol. The van der Waals surface area contributed by atoms with Crippen LogP contribution in [0.3, 0.4) is 0 Å². The highest BCUT2D eigenvalue weighted by atomic mass is 16.2. The summed E-state index contributed by atoms with van der Waals surface area (Å²) in [5.74, 6) is 0.145. The van der Waals surface area contributed by atoms with E-state index in [0.29, 0.717) is 5.92 Å². The summed E-state index contributed by atoms with van der Waals surface area (Å²) in [6.45, 7) is 9.73. The van der Waals surface area contributed by atoms with Gasteiger partial charge in [-0.1, -0.05) is 45.9 Å². The van der Waals surface area contributed by atoms with Gasteiger partial charge in [-0.05, 0) is 48.7 Å². The number of amides is 2. The SMILES string of the molecule is CC(C)C(=O)Nc1ccc(NC(C)C(=O)Nc2ccccc2C(C)C)cc1. The Morgan fingerprint density at radius 2 is 1.33 bits per heavy atom. The second-order valence-electron chi connectivity index (χ2n) is 7.32. The van der Waals surface area contributed by atoms with Crippen LogP contribution in [0.1, 0.15) is 46.1 Å². The number of benzene rings is 2. The molecule has 5 nitrogen and oxygen atoms in total. The zero-order valence-corrected chi connectivity index (χ0v) is 16.7. The van der Waals surface area contributed by atoms with Crippen LogP contribution in [0.25, 0.3) is 0 Å². The van der Waals surface area contributed by atoms with Gasteiger partial charge >= 0.3 is 0 Å². The molecule has 1 atom stereocenters. The Kier molecular flexibility index (Phi) is 6.99. The quantitative estimate of drug-likeness (QED) is 0.655. The van der Waals surface area contributed by atoms with Crippen molar-refractivity contribution < 1.29 is 9.59 Å². The molecular weight excluding hydrogens is 338 g/mol. The Hall–Kier alpha value is -2.82. The molecule has 0 aliphatic carbocycles. The van der Waals surface area contributed by atoms with Crippen LogP contribution in [0.2, 0.25) is 0 Å². The lowest BCUT2D eigenvalue weighted by molar-refractivity contribution is -0.119. The molecular formula is C22H29N3O2. The number of hydrogen-bond donors (Lipinski definition) is 3. The van der Waals surface area contributed by atoms with Crippen LogP contribution in [0.4, 0.5) is 17.1 Å². The molecule has 0 aliphatic rings. The van der Waals surface area contributed by atoms with Gasteiger partial charge in [0.15, 0.2) is 0 Å². The first-order valence-electron chi connectivity index (χ1n) is 9.35. The second-order valence-corrected chi connectivity index (χ2v) is 7.32. The van der Waals surface area contributed by atoms with Crippen molar-refractivity contribution in [3.05, 3.63) is 54.1 Å². The van der Waals surface area contributed by atoms with Crippen molar-refractivity contribution in [1.82, 2.24) is 0 Å². The number of anilines is 3. The smallest absolute Gasteiger partial charge is 0.246 e. The van der Waals surface area contributed by atoms with Crippen LogP contribution in [0.5, 0.6) is 0 Å². The van der Waals surface area contributed by atoms with Crippen LogP contribution in [0.15, 0.2) is 48.5 Å². The highest BCUT2D eigenvalue weighted by Gasteiger charge is 2.15. The molecule has 5 heteroatoms. The molecule has 0 saturated heterocycles. The van der Waals surface area contributed by atoms with E-state index in [4.69, 9.17) is 0 Å². The van der Waals surface area contributed by atoms with Gasteiger partial charge in [0.05, 0.1) is 0 Å². The molecule has 2 aromatic carbocycles. The number of carbonyl (C=O) groups excluding carboxylic acids is 2. The molecule has 0 aromatic heterocycles. The number of rotatable bonds is 7. The minimum Gasteiger partial charge on any atom is -0.374 e. The maximum Gasteiger partial charge on any atom is 0.246 e. The van der Waals surface area contributed by atoms with Crippen LogP contribution >= 0.6 is 0 Å². The highest BCUT2D eigenvalue weighted by molar-refractivity contribution is 5.97. The molecule has 1 unspecified atom stereocenters. The van der Waals surface area contributed by atoms with E-state index >= 15 is 0 Å². The average Bonchev–Trinajstić information content (AvgIpc) is 2.63. The standard InChI is InChI=1S/C22H29N3O2/c1-14(2)19-8-6-7-9-20(19)25-22(27)16(5)23-17-10-12-18(13-11-17)24-21(26)15(3)4/h6-16,23H,1-5H3,(H,24,26)(H,25,27). The van der Waals surface area contributed by atoms with Crippen molar-refractivity contribution in [2.45, 2.75) is 46.6 Å². The Morgan fingerprint density at radius 1 is 0.741 bits per heavy atom. The van der Waals surface area contributed by atoms with Gasteiger partial charge in [-0.15, -0.1) is 0 Å². The molecule has 0 heterocycles. The third-order valence-electron chi connectivity index (χ3n) is 4.29. The first kappa shape index (κ1) is 20.5. The summed E-state index contributed by atoms with van der Waals surface area (Å²) in [5, 5.41) is 9.04. The minimum absolute atomic E-state index is 0.0210. The Balaban J connectivity index is 1.97. The lowest BCUT2D eigenvalue weighted by Gasteiger charge is -2.18. The van der Waals surface area contributed by atoms with Gasteiger partial charge < -0.3 is 16.0 Å². The fourth-order valence-electron chi connectivity index (χ4n) is 2.61. The second kappa shape index (κ2) is 9.21. The van der Waals surface area contributed by atoms with E-state index in [1.54, 1.807) is 0 Å². The summed E-state index contributed by atoms with van der Waals surface area (Å²) in [4.78, 5) is 24.3. The lowest BCUT2D eigenvalue weighted by atomic mass is 10.0. The van der Waals surface area contributed by atoms with E-state index in [0.717, 1.165) is 22.6 Å². The fraction of sp³-hybridized carbons (Fsp3) is 0.364. The monoisotopic (exact) mass is 367 g/mol. The molecule has 0 bridgehead atoms. The van der Waals surface area contributed by atoms with E-state index in [1.807, 2.05) is 69.3 Å². The van der Waals surface area contributed by atoms with Crippen molar-refractivity contribution >= 4 is 28.9 Å². The number of hydrogen-bond acceptors (Lipinski definition) is 3. The first-order valence-corrected chi connectivity index (χ1v) is 9.35. The van der Waals surface area contributed by atoms with Crippen molar-refractivity contribution in [3.63, 3.8) is 0 Å². The molecule has 2 rings (SSSR count). The van der Waals surface area contributed by atoms with Crippen molar-refractivity contribution in [2.24, 2.45) is 5.92 Å². The third kappa shape index (κ3) is 5.84. The number of carbonyl (C=O) groups is 2. The topological polar surface area (TPSA) is 70.2 Å². The van der Waals surface area contributed by atoms with E-state index in [1.165, 1.54) is 0 Å². The van der Waals surface area contributed by atoms with Crippen LogP contribution < -0.4 is 16.0 Å². The van der Waals surface area contributed by atoms with Gasteiger partial charge in [-0.2, -0.15) is 0 Å². The predicted molar refractivity (Wildman–Crippen MR) is 112 cm³/mol. The summed E-state index contributed by atoms with van der Waals surface area (Å²) in [6.07, 6.45) is 0. The summed E-state index contributed by atoms with van der Waals surface area (Å²) in [5.41, 5.74) is 3.51. The van der Waals surface area contributed by atoms with Crippen molar-refractivity contribution in [1.29, 1.82) is 0 Å². The Morgan fingerprint density at radius 3 is 1.93 bits per heavy atom. The normalized spacial score (nSPS) is 12.0. The van der Waals surface area contributed by atoms with Crippen molar-refractivity contribution in [2.75, 3.05) is 16.0 Å². The molecule has 0 spiro atoms. The highest BCUT2D eigenvalue weighted by Crippen LogP contribution is 2.24. The molecule has 0 aliphatic heterocycles. The largest absolute Gasteiger partial charge is 0.374 e. The molecule has 27 heavy (non-hydrogen) atoms. The number of para-hydroxylation sites is 1. The Labute approximate surface area is 161 Å². The van der Waals surface area contributed by atoms with E-state index < -0.39 is 6.04 Å². The number of nitrogens with one attached hydrogen (secondary N) is 3. The summed E-state index contributed by atoms with van der Waals surface area (Å²) < 4.78 is 0. The van der Waals surface area contributed by atoms with Gasteiger partial charge in [0, 0.05) is 23.0 Å². The van der Waals surface area contributed by atoms with E-state index in [2.05, 4.69) is 29.8 Å². The molecule has 2 amide bonds. The third-order valence-corrected chi connectivity index (χ3v) is 4.29. The van der Waals surface area contributed by atoms with Gasteiger partial charge in [-0.3, -0.25) is 9.59 Å². The molecule has 0 saturated carbocycles. The maximum absolute atomic E-state index is 12.5. The molecule has 144 valence electrons. The molecule has 0 fully saturated rings. The summed E-state index contributed by atoms with van der Waals surface area (Å²) in [6, 6.07) is 14.8. The van der Waals surface area contributed by atoms with E-state index in [-0.39, 0.29) is 17.7 Å². The fourth-order valence-corrected chi connectivity index (χ4v) is 2.61. The van der Waals surface area contributed by atoms with Gasteiger partial charge in [0.1, 0.15) is 6.04 Å². The van der Waals surface area contributed by atoms with Gasteiger partial charge in [0.2, 0.25) is 11.8 Å². The first-order chi connectivity index (χ1) is 12.8. The van der Waals surface area contributed by atoms with Crippen LogP contribution in [-0.4, -0.2) is 17.9 Å².